The maximum absolute atomic E-state index is 13.1. The number of nitriles is 1. The summed E-state index contributed by atoms with van der Waals surface area (Å²) in [5.74, 6) is 0.0239. The molecule has 3 heterocycles. The number of hydrogen-bond donors (Lipinski definition) is 1. The number of nitrogens with zero attached hydrogens (tertiary/aromatic N) is 2. The van der Waals surface area contributed by atoms with E-state index in [1.165, 1.54) is 11.4 Å². The number of rotatable bonds is 6. The van der Waals surface area contributed by atoms with Crippen molar-refractivity contribution in [2.24, 2.45) is 0 Å². The lowest BCUT2D eigenvalue weighted by molar-refractivity contribution is 0.0993. The van der Waals surface area contributed by atoms with Crippen LogP contribution in [-0.4, -0.2) is 26.2 Å². The number of sulfonamides is 1. The van der Waals surface area contributed by atoms with E-state index in [2.05, 4.69) is 15.9 Å². The minimum atomic E-state index is -4.17. The number of nitrogens with one attached hydrogen (secondary N) is 1. The molecule has 12 heteroatoms. The number of thiophene rings is 1. The number of benzene rings is 1. The van der Waals surface area contributed by atoms with Gasteiger partial charge in [0.15, 0.2) is 17.3 Å². The van der Waals surface area contributed by atoms with Crippen molar-refractivity contribution in [3.05, 3.63) is 49.8 Å². The van der Waals surface area contributed by atoms with Gasteiger partial charge in [0, 0.05) is 6.42 Å². The first-order valence-corrected chi connectivity index (χ1v) is 11.5. The summed E-state index contributed by atoms with van der Waals surface area (Å²) in [6.45, 7) is 3.29. The van der Waals surface area contributed by atoms with Gasteiger partial charge >= 0.3 is 0 Å². The second kappa shape index (κ2) is 7.88. The fourth-order valence-electron chi connectivity index (χ4n) is 3.11. The van der Waals surface area contributed by atoms with Crippen LogP contribution < -0.4 is 14.2 Å². The van der Waals surface area contributed by atoms with Crippen LogP contribution in [0.4, 0.5) is 5.88 Å². The lowest BCUT2D eigenvalue weighted by Gasteiger charge is -2.11. The molecule has 1 aliphatic rings. The summed E-state index contributed by atoms with van der Waals surface area (Å²) in [4.78, 5) is 12.9. The average molecular weight is 480 g/mol. The van der Waals surface area contributed by atoms with Crippen molar-refractivity contribution in [1.29, 1.82) is 5.26 Å². The molecule has 0 atom stereocenters. The number of aromatic nitrogens is 1. The summed E-state index contributed by atoms with van der Waals surface area (Å²) in [5, 5.41) is 14.7. The Morgan fingerprint density at radius 2 is 2.16 bits per heavy atom. The number of halogens is 1. The molecule has 1 aliphatic heterocycles. The number of ether oxygens (including phenoxy) is 2. The molecule has 0 spiro atoms. The van der Waals surface area contributed by atoms with Crippen molar-refractivity contribution in [3.63, 3.8) is 0 Å². The predicted octanol–water partition coefficient (Wildman–Crippen LogP) is 3.83. The highest BCUT2D eigenvalue weighted by Gasteiger charge is 2.29. The van der Waals surface area contributed by atoms with Crippen molar-refractivity contribution in [3.8, 4) is 17.6 Å². The monoisotopic (exact) mass is 479 g/mol. The van der Waals surface area contributed by atoms with Crippen molar-refractivity contribution in [1.82, 2.24) is 5.16 Å². The van der Waals surface area contributed by atoms with E-state index in [1.807, 2.05) is 0 Å². The third-order valence-corrected chi connectivity index (χ3v) is 7.54. The van der Waals surface area contributed by atoms with Gasteiger partial charge in [0.1, 0.15) is 27.2 Å². The molecule has 1 N–H and O–H groups in total. The van der Waals surface area contributed by atoms with Gasteiger partial charge in [-0.3, -0.25) is 4.79 Å². The Hall–Kier alpha value is -3.07. The van der Waals surface area contributed by atoms with Crippen molar-refractivity contribution in [2.75, 3.05) is 11.5 Å². The summed E-state index contributed by atoms with van der Waals surface area (Å²) in [7, 11) is -4.17. The first-order valence-electron chi connectivity index (χ1n) is 8.80. The van der Waals surface area contributed by atoms with E-state index in [0.29, 0.717) is 22.6 Å². The Bertz CT molecular complexity index is 1350. The van der Waals surface area contributed by atoms with E-state index >= 15 is 0 Å². The van der Waals surface area contributed by atoms with Gasteiger partial charge in [-0.05, 0) is 42.5 Å². The minimum Gasteiger partial charge on any atom is -0.454 e. The van der Waals surface area contributed by atoms with Gasteiger partial charge in [0.25, 0.3) is 15.9 Å². The Balaban J connectivity index is 1.66. The molecule has 0 unspecified atom stereocenters. The van der Waals surface area contributed by atoms with E-state index in [0.717, 1.165) is 11.3 Å². The van der Waals surface area contributed by atoms with Crippen LogP contribution in [0.5, 0.6) is 11.5 Å². The number of hydrogen-bond acceptors (Lipinski definition) is 9. The average Bonchev–Trinajstić information content (AvgIpc) is 3.45. The highest BCUT2D eigenvalue weighted by Crippen LogP contribution is 2.40. The molecule has 0 bridgehead atoms. The molecule has 3 aromatic rings. The zero-order valence-electron chi connectivity index (χ0n) is 16.2. The Kier molecular flexibility index (Phi) is 5.38. The molecule has 0 radical (unpaired) electrons. The maximum atomic E-state index is 13.1. The Morgan fingerprint density at radius 3 is 2.84 bits per heavy atom. The van der Waals surface area contributed by atoms with Crippen molar-refractivity contribution >= 4 is 44.6 Å². The quantitative estimate of drug-likeness (QED) is 0.527. The molecule has 0 fully saturated rings. The Labute approximate surface area is 186 Å². The SMILES string of the molecule is Cc1cc2c(c(C#N)c1CC(=O)c1sccc1S(=O)(=O)Nc1onc(C)c1Cl)OCO2. The Morgan fingerprint density at radius 1 is 1.39 bits per heavy atom. The number of fused-ring (bicyclic) bond motifs is 1. The largest absolute Gasteiger partial charge is 0.454 e. The van der Waals surface area contributed by atoms with Gasteiger partial charge in [-0.2, -0.15) is 5.26 Å². The molecule has 31 heavy (non-hydrogen) atoms. The van der Waals surface area contributed by atoms with Crippen molar-refractivity contribution in [2.45, 2.75) is 25.2 Å². The maximum Gasteiger partial charge on any atom is 0.265 e. The normalized spacial score (nSPS) is 12.6. The predicted molar refractivity (Wildman–Crippen MR) is 111 cm³/mol. The van der Waals surface area contributed by atoms with Crippen LogP contribution in [0.15, 0.2) is 26.9 Å². The topological polar surface area (TPSA) is 132 Å². The second-order valence-corrected chi connectivity index (χ2v) is 9.57. The summed E-state index contributed by atoms with van der Waals surface area (Å²) in [6, 6.07) is 5.06. The highest BCUT2D eigenvalue weighted by molar-refractivity contribution is 7.93. The molecular formula is C19H14ClN3O6S2. The standard InChI is InChI=1S/C19H14ClN3O6S2/c1-9-5-14-17(28-8-27-14)12(7-21)11(9)6-13(24)18-15(3-4-30-18)31(25,26)23-19-16(20)10(2)22-29-19/h3-5,23H,6,8H2,1-2H3. The molecule has 2 aromatic heterocycles. The third kappa shape index (κ3) is 3.74. The molecule has 9 nitrogen and oxygen atoms in total. The van der Waals surface area contributed by atoms with E-state index in [1.54, 1.807) is 19.9 Å². The van der Waals surface area contributed by atoms with E-state index in [4.69, 9.17) is 25.6 Å². The van der Waals surface area contributed by atoms with Gasteiger partial charge in [-0.1, -0.05) is 16.8 Å². The van der Waals surface area contributed by atoms with Crippen LogP contribution in [0.3, 0.4) is 0 Å². The second-order valence-electron chi connectivity index (χ2n) is 6.62. The fourth-order valence-corrected chi connectivity index (χ4v) is 5.67. The summed E-state index contributed by atoms with van der Waals surface area (Å²) >= 11 is 6.96. The first-order chi connectivity index (χ1) is 14.7. The molecule has 1 aromatic carbocycles. The van der Waals surface area contributed by atoms with Crippen LogP contribution in [0.25, 0.3) is 0 Å². The van der Waals surface area contributed by atoms with E-state index < -0.39 is 15.8 Å². The lowest BCUT2D eigenvalue weighted by Crippen LogP contribution is -2.16. The van der Waals surface area contributed by atoms with Crippen LogP contribution in [0.1, 0.15) is 32.1 Å². The molecule has 0 aliphatic carbocycles. The fraction of sp³-hybridized carbons (Fsp3) is 0.211. The number of carbonyl (C=O) groups excluding carboxylic acids is 1. The van der Waals surface area contributed by atoms with Crippen LogP contribution in [0, 0.1) is 25.2 Å². The van der Waals surface area contributed by atoms with Crippen LogP contribution in [0.2, 0.25) is 5.02 Å². The molecule has 0 amide bonds. The summed E-state index contributed by atoms with van der Waals surface area (Å²) in [5.41, 5.74) is 1.64. The van der Waals surface area contributed by atoms with E-state index in [9.17, 15) is 18.5 Å². The number of aryl methyl sites for hydroxylation is 2. The zero-order chi connectivity index (χ0) is 22.3. The summed E-state index contributed by atoms with van der Waals surface area (Å²) in [6.07, 6.45) is -0.184. The van der Waals surface area contributed by atoms with Gasteiger partial charge in [-0.15, -0.1) is 11.3 Å². The smallest absolute Gasteiger partial charge is 0.265 e. The number of ketones is 1. The molecular weight excluding hydrogens is 466 g/mol. The van der Waals surface area contributed by atoms with Gasteiger partial charge in [0.2, 0.25) is 6.79 Å². The van der Waals surface area contributed by atoms with Crippen molar-refractivity contribution < 1.29 is 27.2 Å². The van der Waals surface area contributed by atoms with Gasteiger partial charge in [-0.25, -0.2) is 13.1 Å². The number of Topliss-reactive ketones (excluding diaryl/α,β-unsaturated/α-hetero) is 1. The molecule has 160 valence electrons. The van der Waals surface area contributed by atoms with E-state index in [-0.39, 0.29) is 45.2 Å². The minimum absolute atomic E-state index is 0.0104. The van der Waals surface area contributed by atoms with Gasteiger partial charge in [0.05, 0.1) is 4.88 Å². The first kappa shape index (κ1) is 21.2. The third-order valence-electron chi connectivity index (χ3n) is 4.63. The van der Waals surface area contributed by atoms with Crippen LogP contribution in [-0.2, 0) is 16.4 Å². The zero-order valence-corrected chi connectivity index (χ0v) is 18.6. The molecule has 0 saturated carbocycles. The van der Waals surface area contributed by atoms with Crippen LogP contribution >= 0.6 is 22.9 Å². The number of carbonyl (C=O) groups is 1. The molecule has 4 rings (SSSR count). The highest BCUT2D eigenvalue weighted by atomic mass is 35.5. The van der Waals surface area contributed by atoms with Gasteiger partial charge < -0.3 is 14.0 Å². The molecule has 0 saturated heterocycles. The summed E-state index contributed by atoms with van der Waals surface area (Å²) < 4.78 is 43.5. The number of anilines is 1. The lowest BCUT2D eigenvalue weighted by atomic mass is 9.96.